The molecule has 0 aromatic carbocycles. The molecule has 0 radical (unpaired) electrons. The van der Waals surface area contributed by atoms with Crippen LogP contribution >= 0.6 is 23.5 Å². The maximum atomic E-state index is 13.8. The third-order valence-electron chi connectivity index (χ3n) is 1.75. The number of hydrogen-bond acceptors (Lipinski definition) is 8. The fourth-order valence-electron chi connectivity index (χ4n) is 0.847. The number of phosphoric ester groups is 1. The lowest BCUT2D eigenvalue weighted by atomic mass is 10.2. The molecule has 4 atom stereocenters. The summed E-state index contributed by atoms with van der Waals surface area (Å²) in [7, 11) is -16.1. The molecule has 2 unspecified atom stereocenters. The van der Waals surface area contributed by atoms with Gasteiger partial charge in [-0.1, -0.05) is 5.92 Å². The SMILES string of the molecule is C#C[C@H](O)[C@@](F)(COP(=O)(O)OP(=O)(O)OP(=O)(O)O)OC. The predicted molar refractivity (Wildman–Crippen MR) is 65.5 cm³/mol. The zero-order valence-electron chi connectivity index (χ0n) is 10.7. The van der Waals surface area contributed by atoms with Gasteiger partial charge in [-0.25, -0.2) is 18.1 Å². The maximum Gasteiger partial charge on any atom is 0.490 e. The normalized spacial score (nSPS) is 21.9. The summed E-state index contributed by atoms with van der Waals surface area (Å²) in [6.07, 6.45) is 2.48. The van der Waals surface area contributed by atoms with Crippen molar-refractivity contribution in [2.24, 2.45) is 0 Å². The van der Waals surface area contributed by atoms with E-state index in [-0.39, 0.29) is 0 Å². The van der Waals surface area contributed by atoms with Crippen molar-refractivity contribution in [3.63, 3.8) is 0 Å². The minimum absolute atomic E-state index is 0.723. The van der Waals surface area contributed by atoms with Crippen LogP contribution in [0.25, 0.3) is 0 Å². The Kier molecular flexibility index (Phi) is 7.53. The number of aliphatic hydroxyl groups excluding tert-OH is 1. The average molecular weight is 388 g/mol. The van der Waals surface area contributed by atoms with Crippen LogP contribution in [0, 0.1) is 12.3 Å². The lowest BCUT2D eigenvalue weighted by Crippen LogP contribution is -2.43. The molecule has 130 valence electrons. The first kappa shape index (κ1) is 21.8. The topological polar surface area (TPSA) is 189 Å². The Hall–Kier alpha value is -0.180. The van der Waals surface area contributed by atoms with Crippen molar-refractivity contribution in [2.45, 2.75) is 12.0 Å². The molecule has 22 heavy (non-hydrogen) atoms. The van der Waals surface area contributed by atoms with Crippen LogP contribution in [0.15, 0.2) is 0 Å². The van der Waals surface area contributed by atoms with Crippen molar-refractivity contribution < 1.29 is 60.6 Å². The Bertz CT molecular complexity index is 566. The van der Waals surface area contributed by atoms with Crippen molar-refractivity contribution in [1.82, 2.24) is 0 Å². The summed E-state index contributed by atoms with van der Waals surface area (Å²) >= 11 is 0. The highest BCUT2D eigenvalue weighted by molar-refractivity contribution is 7.66. The molecule has 0 spiro atoms. The predicted octanol–water partition coefficient (Wildman–Crippen LogP) is -0.364. The van der Waals surface area contributed by atoms with Gasteiger partial charge in [0.1, 0.15) is 6.61 Å². The molecule has 0 aliphatic heterocycles. The lowest BCUT2D eigenvalue weighted by molar-refractivity contribution is -0.192. The molecule has 5 N–H and O–H groups in total. The number of methoxy groups -OCH3 is 1. The molecule has 0 aliphatic carbocycles. The van der Waals surface area contributed by atoms with Crippen LogP contribution in [0.1, 0.15) is 0 Å². The van der Waals surface area contributed by atoms with Gasteiger partial charge in [-0.15, -0.1) is 6.42 Å². The molecule has 0 aromatic heterocycles. The molecule has 0 saturated carbocycles. The van der Waals surface area contributed by atoms with Gasteiger partial charge >= 0.3 is 23.5 Å². The molecule has 12 nitrogen and oxygen atoms in total. The van der Waals surface area contributed by atoms with Gasteiger partial charge in [0.05, 0.1) is 0 Å². The fourth-order valence-corrected chi connectivity index (χ4v) is 3.88. The standard InChI is InChI=1S/C6H12FO12P3/c1-3-5(8)6(7,16-2)4-17-21(12,13)19-22(14,15)18-20(9,10)11/h1,5,8H,4H2,2H3,(H,12,13)(H,14,15)(H2,9,10,11)/t5-,6+/m0/s1. The van der Waals surface area contributed by atoms with E-state index in [0.717, 1.165) is 7.11 Å². The van der Waals surface area contributed by atoms with Crippen LogP contribution in [0.3, 0.4) is 0 Å². The quantitative estimate of drug-likeness (QED) is 0.255. The molecule has 16 heteroatoms. The van der Waals surface area contributed by atoms with Gasteiger partial charge in [0, 0.05) is 7.11 Å². The largest absolute Gasteiger partial charge is 0.490 e. The Morgan fingerprint density at radius 3 is 2.05 bits per heavy atom. The monoisotopic (exact) mass is 388 g/mol. The van der Waals surface area contributed by atoms with Crippen molar-refractivity contribution in [1.29, 1.82) is 0 Å². The number of ether oxygens (including phenoxy) is 1. The molecule has 0 bridgehead atoms. The molecule has 0 amide bonds. The Labute approximate surface area is 123 Å². The summed E-state index contributed by atoms with van der Waals surface area (Å²) in [4.78, 5) is 34.4. The van der Waals surface area contributed by atoms with Gasteiger partial charge in [-0.3, -0.25) is 4.52 Å². The fraction of sp³-hybridized carbons (Fsp3) is 0.667. The van der Waals surface area contributed by atoms with Crippen molar-refractivity contribution in [2.75, 3.05) is 13.7 Å². The zero-order chi connectivity index (χ0) is 17.8. The third-order valence-corrected chi connectivity index (χ3v) is 5.53. The molecule has 0 rings (SSSR count). The van der Waals surface area contributed by atoms with Gasteiger partial charge in [-0.2, -0.15) is 8.62 Å². The first-order valence-corrected chi connectivity index (χ1v) is 9.35. The number of aliphatic hydroxyl groups is 1. The minimum atomic E-state index is -5.72. The Balaban J connectivity index is 4.93. The van der Waals surface area contributed by atoms with Crippen LogP contribution < -0.4 is 0 Å². The smallest absolute Gasteiger partial charge is 0.375 e. The van der Waals surface area contributed by atoms with Crippen molar-refractivity contribution in [3.8, 4) is 12.3 Å². The summed E-state index contributed by atoms with van der Waals surface area (Å²) in [5, 5.41) is 9.10. The van der Waals surface area contributed by atoms with Crippen molar-refractivity contribution >= 4 is 23.5 Å². The van der Waals surface area contributed by atoms with Gasteiger partial charge in [-0.05, 0) is 0 Å². The second kappa shape index (κ2) is 7.59. The van der Waals surface area contributed by atoms with Gasteiger partial charge in [0.15, 0.2) is 6.10 Å². The summed E-state index contributed by atoms with van der Waals surface area (Å²) in [6, 6.07) is 0. The summed E-state index contributed by atoms with van der Waals surface area (Å²) < 4.78 is 61.3. The number of phosphoric acid groups is 3. The Morgan fingerprint density at radius 2 is 1.68 bits per heavy atom. The molecule has 0 aliphatic rings. The van der Waals surface area contributed by atoms with Gasteiger partial charge in [0.25, 0.3) is 5.85 Å². The summed E-state index contributed by atoms with van der Waals surface area (Å²) in [6.45, 7) is -1.53. The van der Waals surface area contributed by atoms with Crippen LogP contribution in [0.2, 0.25) is 0 Å². The van der Waals surface area contributed by atoms with Gasteiger partial charge < -0.3 is 29.4 Å². The van der Waals surface area contributed by atoms with E-state index in [1.54, 1.807) is 0 Å². The number of halogens is 1. The number of rotatable bonds is 9. The van der Waals surface area contributed by atoms with Crippen LogP contribution in [-0.2, 0) is 31.6 Å². The Morgan fingerprint density at radius 1 is 1.18 bits per heavy atom. The minimum Gasteiger partial charge on any atom is -0.375 e. The van der Waals surface area contributed by atoms with E-state index in [1.165, 1.54) is 5.92 Å². The molecule has 0 fully saturated rings. The summed E-state index contributed by atoms with van der Waals surface area (Å²) in [5.74, 6) is -1.66. The van der Waals surface area contributed by atoms with E-state index in [4.69, 9.17) is 31.1 Å². The highest BCUT2D eigenvalue weighted by Crippen LogP contribution is 2.66. The van der Waals surface area contributed by atoms with Crippen LogP contribution in [0.5, 0.6) is 0 Å². The van der Waals surface area contributed by atoms with E-state index in [0.29, 0.717) is 0 Å². The number of alkyl halides is 1. The maximum absolute atomic E-state index is 13.8. The molecule has 0 heterocycles. The number of hydrogen-bond donors (Lipinski definition) is 5. The molecule has 0 aromatic rings. The van der Waals surface area contributed by atoms with Crippen LogP contribution in [0.4, 0.5) is 4.39 Å². The second-order valence-electron chi connectivity index (χ2n) is 3.42. The van der Waals surface area contributed by atoms with E-state index < -0.39 is 42.0 Å². The highest BCUT2D eigenvalue weighted by Gasteiger charge is 2.45. The van der Waals surface area contributed by atoms with E-state index >= 15 is 0 Å². The lowest BCUT2D eigenvalue weighted by Gasteiger charge is -2.26. The first-order valence-electron chi connectivity index (χ1n) is 4.83. The van der Waals surface area contributed by atoms with Gasteiger partial charge in [0.2, 0.25) is 0 Å². The highest BCUT2D eigenvalue weighted by atomic mass is 31.3. The second-order valence-corrected chi connectivity index (χ2v) is 7.84. The van der Waals surface area contributed by atoms with E-state index in [9.17, 15) is 18.1 Å². The molecular formula is C6H12FO12P3. The summed E-state index contributed by atoms with van der Waals surface area (Å²) in [5.41, 5.74) is 0. The van der Waals surface area contributed by atoms with Crippen molar-refractivity contribution in [3.05, 3.63) is 0 Å². The average Bonchev–Trinajstić information content (AvgIpc) is 2.30. The zero-order valence-corrected chi connectivity index (χ0v) is 13.4. The molecular weight excluding hydrogens is 376 g/mol. The van der Waals surface area contributed by atoms with E-state index in [2.05, 4.69) is 17.9 Å². The molecule has 0 saturated heterocycles. The van der Waals surface area contributed by atoms with E-state index in [1.807, 2.05) is 0 Å². The first-order chi connectivity index (χ1) is 9.66. The third kappa shape index (κ3) is 7.89. The number of terminal acetylenes is 1. The van der Waals surface area contributed by atoms with Crippen LogP contribution in [-0.4, -0.2) is 50.4 Å².